The number of phenolic OH excluding ortho intramolecular Hbond substituents is 1. The molecular formula is C19H28N2O2S. The molecule has 1 aliphatic rings. The molecule has 1 amide bonds. The van der Waals surface area contributed by atoms with Crippen LogP contribution >= 0.6 is 11.8 Å². The normalized spacial score (nSPS) is 19.3. The minimum absolute atomic E-state index is 0.0297. The van der Waals surface area contributed by atoms with E-state index in [1.807, 2.05) is 12.1 Å². The van der Waals surface area contributed by atoms with Crippen LogP contribution in [0.5, 0.6) is 5.75 Å². The van der Waals surface area contributed by atoms with Crippen LogP contribution in [0, 0.1) is 0 Å². The number of carbonyl (C=O) groups excluding carboxylic acids is 1. The summed E-state index contributed by atoms with van der Waals surface area (Å²) >= 11 is 1.44. The predicted molar refractivity (Wildman–Crippen MR) is 101 cm³/mol. The number of hydrazine groups is 1. The van der Waals surface area contributed by atoms with Crippen molar-refractivity contribution in [3.8, 4) is 5.75 Å². The number of nitrogens with one attached hydrogen (secondary N) is 1. The van der Waals surface area contributed by atoms with Crippen LogP contribution in [0.4, 0.5) is 0 Å². The first-order valence-electron chi connectivity index (χ1n) is 8.12. The third-order valence-corrected chi connectivity index (χ3v) is 5.39. The highest BCUT2D eigenvalue weighted by atomic mass is 32.2. The Labute approximate surface area is 149 Å². The Bertz CT molecular complexity index is 649. The second kappa shape index (κ2) is 6.12. The molecule has 0 aromatic heterocycles. The Kier molecular flexibility index (Phi) is 4.81. The van der Waals surface area contributed by atoms with Crippen LogP contribution < -0.4 is 5.43 Å². The zero-order valence-electron chi connectivity index (χ0n) is 15.7. The molecule has 0 bridgehead atoms. The molecule has 0 spiro atoms. The molecule has 0 radical (unpaired) electrons. The van der Waals surface area contributed by atoms with Crippen LogP contribution in [-0.2, 0) is 15.6 Å². The van der Waals surface area contributed by atoms with Gasteiger partial charge in [0.1, 0.15) is 11.0 Å². The van der Waals surface area contributed by atoms with Gasteiger partial charge in [-0.15, -0.1) is 0 Å². The van der Waals surface area contributed by atoms with Crippen molar-refractivity contribution in [2.24, 2.45) is 0 Å². The number of amides is 1. The number of phenols is 1. The van der Waals surface area contributed by atoms with Crippen molar-refractivity contribution in [1.82, 2.24) is 10.4 Å². The number of nitrogens with zero attached hydrogens (tertiary/aromatic N) is 1. The molecule has 0 saturated carbocycles. The number of rotatable bonds is 2. The second-order valence-electron chi connectivity index (χ2n) is 8.25. The Morgan fingerprint density at radius 3 is 1.92 bits per heavy atom. The highest BCUT2D eigenvalue weighted by Crippen LogP contribution is 2.47. The van der Waals surface area contributed by atoms with Crippen LogP contribution in [0.3, 0.4) is 0 Å². The average Bonchev–Trinajstić information content (AvgIpc) is 2.71. The smallest absolute Gasteiger partial charge is 0.259 e. The summed E-state index contributed by atoms with van der Waals surface area (Å²) in [6.07, 6.45) is 0. The molecule has 1 unspecified atom stereocenters. The van der Waals surface area contributed by atoms with Crippen LogP contribution in [-0.4, -0.2) is 23.1 Å². The van der Waals surface area contributed by atoms with Gasteiger partial charge in [-0.2, -0.15) is 0 Å². The van der Waals surface area contributed by atoms with E-state index >= 15 is 0 Å². The fraction of sp³-hybridized carbons (Fsp3) is 0.526. The molecular weight excluding hydrogens is 320 g/mol. The van der Waals surface area contributed by atoms with Crippen molar-refractivity contribution in [2.45, 2.75) is 57.6 Å². The Hall–Kier alpha value is -1.46. The van der Waals surface area contributed by atoms with Gasteiger partial charge in [-0.05, 0) is 39.7 Å². The van der Waals surface area contributed by atoms with E-state index in [1.54, 1.807) is 7.05 Å². The maximum absolute atomic E-state index is 12.7. The molecule has 0 aliphatic carbocycles. The lowest BCUT2D eigenvalue weighted by atomic mass is 9.78. The number of benzene rings is 1. The maximum atomic E-state index is 12.7. The fourth-order valence-electron chi connectivity index (χ4n) is 2.88. The summed E-state index contributed by atoms with van der Waals surface area (Å²) in [4.78, 5) is 12.7. The van der Waals surface area contributed by atoms with Gasteiger partial charge in [0.25, 0.3) is 5.91 Å². The zero-order valence-corrected chi connectivity index (χ0v) is 16.5. The maximum Gasteiger partial charge on any atom is 0.259 e. The van der Waals surface area contributed by atoms with Gasteiger partial charge >= 0.3 is 0 Å². The second-order valence-corrected chi connectivity index (χ2v) is 9.43. The van der Waals surface area contributed by atoms with Crippen LogP contribution in [0.2, 0.25) is 0 Å². The topological polar surface area (TPSA) is 52.6 Å². The minimum Gasteiger partial charge on any atom is -0.507 e. The van der Waals surface area contributed by atoms with Crippen LogP contribution in [0.25, 0.3) is 0 Å². The van der Waals surface area contributed by atoms with Crippen molar-refractivity contribution >= 4 is 17.7 Å². The van der Waals surface area contributed by atoms with Crippen molar-refractivity contribution in [2.75, 3.05) is 7.05 Å². The van der Waals surface area contributed by atoms with Crippen LogP contribution in [0.15, 0.2) is 23.7 Å². The molecule has 5 heteroatoms. The third kappa shape index (κ3) is 3.33. The van der Waals surface area contributed by atoms with E-state index in [9.17, 15) is 9.90 Å². The summed E-state index contributed by atoms with van der Waals surface area (Å²) < 4.78 is 0. The van der Waals surface area contributed by atoms with Gasteiger partial charge in [-0.1, -0.05) is 59.9 Å². The molecule has 1 aromatic carbocycles. The first kappa shape index (κ1) is 18.9. The largest absolute Gasteiger partial charge is 0.507 e. The van der Waals surface area contributed by atoms with E-state index in [0.29, 0.717) is 10.8 Å². The number of hydrogen-bond donors (Lipinski definition) is 2. The lowest BCUT2D eigenvalue weighted by Crippen LogP contribution is -2.35. The zero-order chi connectivity index (χ0) is 18.4. The van der Waals surface area contributed by atoms with Gasteiger partial charge in [0, 0.05) is 7.05 Å². The molecule has 1 aromatic rings. The fourth-order valence-corrected chi connectivity index (χ4v) is 3.91. The van der Waals surface area contributed by atoms with Gasteiger partial charge in [0.15, 0.2) is 0 Å². The molecule has 1 heterocycles. The number of hydrogen-bond acceptors (Lipinski definition) is 4. The van der Waals surface area contributed by atoms with E-state index in [2.05, 4.69) is 53.5 Å². The van der Waals surface area contributed by atoms with E-state index in [4.69, 9.17) is 0 Å². The standard InChI is InChI=1S/C19H28N2O2S/c1-11-21(20-8)17(23)16(24-11)12-9-13(18(2,3)4)15(22)14(10-12)19(5,6)7/h9-10,16,20,22H,1H2,2-8H3. The molecule has 2 rings (SSSR count). The van der Waals surface area contributed by atoms with Gasteiger partial charge in [0.05, 0.1) is 5.03 Å². The van der Waals surface area contributed by atoms with Crippen LogP contribution in [0.1, 0.15) is 63.5 Å². The van der Waals surface area contributed by atoms with Crippen molar-refractivity contribution in [1.29, 1.82) is 0 Å². The molecule has 2 N–H and O–H groups in total. The molecule has 132 valence electrons. The Balaban J connectivity index is 2.64. The average molecular weight is 349 g/mol. The molecule has 1 fully saturated rings. The van der Waals surface area contributed by atoms with Gasteiger partial charge < -0.3 is 5.11 Å². The summed E-state index contributed by atoms with van der Waals surface area (Å²) in [5.74, 6) is 0.302. The van der Waals surface area contributed by atoms with Gasteiger partial charge in [-0.25, -0.2) is 10.4 Å². The molecule has 1 saturated heterocycles. The van der Waals surface area contributed by atoms with Crippen molar-refractivity contribution in [3.05, 3.63) is 40.4 Å². The highest BCUT2D eigenvalue weighted by molar-refractivity contribution is 8.04. The Morgan fingerprint density at radius 2 is 1.58 bits per heavy atom. The third-order valence-electron chi connectivity index (χ3n) is 4.22. The molecule has 4 nitrogen and oxygen atoms in total. The molecule has 1 atom stereocenters. The van der Waals surface area contributed by atoms with Gasteiger partial charge in [0.2, 0.25) is 0 Å². The van der Waals surface area contributed by atoms with Crippen molar-refractivity contribution in [3.63, 3.8) is 0 Å². The quantitative estimate of drug-likeness (QED) is 0.841. The Morgan fingerprint density at radius 1 is 1.12 bits per heavy atom. The molecule has 1 aliphatic heterocycles. The summed E-state index contributed by atoms with van der Waals surface area (Å²) in [5.41, 5.74) is 5.09. The summed E-state index contributed by atoms with van der Waals surface area (Å²) in [6.45, 7) is 16.4. The lowest BCUT2D eigenvalue weighted by Gasteiger charge is -2.29. The van der Waals surface area contributed by atoms with Gasteiger partial charge in [-0.3, -0.25) is 4.79 Å². The summed E-state index contributed by atoms with van der Waals surface area (Å²) in [7, 11) is 1.71. The number of aromatic hydroxyl groups is 1. The first-order chi connectivity index (χ1) is 10.9. The summed E-state index contributed by atoms with van der Waals surface area (Å²) in [5, 5.41) is 12.6. The van der Waals surface area contributed by atoms with E-state index in [-0.39, 0.29) is 22.0 Å². The van der Waals surface area contributed by atoms with E-state index in [1.165, 1.54) is 16.8 Å². The predicted octanol–water partition coefficient (Wildman–Crippen LogP) is 4.21. The van der Waals surface area contributed by atoms with E-state index < -0.39 is 0 Å². The number of thioether (sulfide) groups is 1. The lowest BCUT2D eigenvalue weighted by molar-refractivity contribution is -0.129. The molecule has 24 heavy (non-hydrogen) atoms. The number of carbonyl (C=O) groups is 1. The summed E-state index contributed by atoms with van der Waals surface area (Å²) in [6, 6.07) is 3.93. The SMILES string of the molecule is C=C1SC(c2cc(C(C)(C)C)c(O)c(C(C)(C)C)c2)C(=O)N1NC. The minimum atomic E-state index is -0.340. The first-order valence-corrected chi connectivity index (χ1v) is 9.00. The van der Waals surface area contributed by atoms with E-state index in [0.717, 1.165) is 16.7 Å². The highest BCUT2D eigenvalue weighted by Gasteiger charge is 2.38. The monoisotopic (exact) mass is 348 g/mol. The van der Waals surface area contributed by atoms with Crippen molar-refractivity contribution < 1.29 is 9.90 Å².